The Morgan fingerprint density at radius 3 is 2.85 bits per heavy atom. The van der Waals surface area contributed by atoms with E-state index < -0.39 is 0 Å². The molecule has 1 heterocycles. The molecule has 0 saturated heterocycles. The van der Waals surface area contributed by atoms with Crippen molar-refractivity contribution in [3.8, 4) is 0 Å². The van der Waals surface area contributed by atoms with Crippen molar-refractivity contribution in [3.63, 3.8) is 0 Å². The van der Waals surface area contributed by atoms with Crippen molar-refractivity contribution < 1.29 is 9.53 Å². The van der Waals surface area contributed by atoms with Gasteiger partial charge in [0.1, 0.15) is 0 Å². The fourth-order valence-electron chi connectivity index (χ4n) is 1.17. The first-order chi connectivity index (χ1) is 6.20. The minimum atomic E-state index is -0.295. The van der Waals surface area contributed by atoms with Gasteiger partial charge in [0.05, 0.1) is 12.2 Å². The van der Waals surface area contributed by atoms with Crippen molar-refractivity contribution in [1.82, 2.24) is 4.98 Å². The highest BCUT2D eigenvalue weighted by Gasteiger charge is 2.13. The number of nitrogens with two attached hydrogens (primary N) is 1. The zero-order chi connectivity index (χ0) is 9.84. The number of nitrogens with one attached hydrogen (secondary N) is 1. The lowest BCUT2D eigenvalue weighted by molar-refractivity contribution is 0.0526. The highest BCUT2D eigenvalue weighted by molar-refractivity contribution is 5.91. The van der Waals surface area contributed by atoms with E-state index in [2.05, 4.69) is 4.98 Å². The van der Waals surface area contributed by atoms with Crippen LogP contribution >= 0.6 is 0 Å². The molecule has 1 rings (SSSR count). The summed E-state index contributed by atoms with van der Waals surface area (Å²) in [7, 11) is 0. The number of ether oxygens (including phenoxy) is 1. The lowest BCUT2D eigenvalue weighted by Crippen LogP contribution is -2.05. The summed E-state index contributed by atoms with van der Waals surface area (Å²) in [5.74, 6) is -0.295. The van der Waals surface area contributed by atoms with Crippen LogP contribution in [0.3, 0.4) is 0 Å². The highest BCUT2D eigenvalue weighted by Crippen LogP contribution is 2.13. The summed E-state index contributed by atoms with van der Waals surface area (Å²) in [6.07, 6.45) is 1.63. The molecule has 0 unspecified atom stereocenters. The fourth-order valence-corrected chi connectivity index (χ4v) is 1.17. The van der Waals surface area contributed by atoms with Crippen LogP contribution in [0, 0.1) is 6.92 Å². The van der Waals surface area contributed by atoms with Crippen LogP contribution < -0.4 is 5.73 Å². The maximum absolute atomic E-state index is 11.3. The number of carbonyl (C=O) groups excluding carboxylic acids is 1. The molecular weight excluding hydrogens is 168 g/mol. The van der Waals surface area contributed by atoms with Crippen molar-refractivity contribution in [2.75, 3.05) is 6.61 Å². The molecule has 3 N–H and O–H groups in total. The second kappa shape index (κ2) is 4.09. The van der Waals surface area contributed by atoms with Crippen molar-refractivity contribution in [1.29, 1.82) is 0 Å². The Bertz CT molecular complexity index is 305. The lowest BCUT2D eigenvalue weighted by Gasteiger charge is -2.00. The molecule has 0 bridgehead atoms. The second-order valence-corrected chi connectivity index (χ2v) is 2.73. The summed E-state index contributed by atoms with van der Waals surface area (Å²) >= 11 is 0. The molecule has 0 saturated carbocycles. The topological polar surface area (TPSA) is 68.1 Å². The second-order valence-electron chi connectivity index (χ2n) is 2.73. The van der Waals surface area contributed by atoms with Gasteiger partial charge in [-0.05, 0) is 19.4 Å². The average molecular weight is 182 g/mol. The van der Waals surface area contributed by atoms with E-state index in [1.165, 1.54) is 0 Å². The van der Waals surface area contributed by atoms with Gasteiger partial charge in [-0.1, -0.05) is 0 Å². The monoisotopic (exact) mass is 182 g/mol. The zero-order valence-corrected chi connectivity index (χ0v) is 7.89. The fraction of sp³-hybridized carbons (Fsp3) is 0.444. The molecule has 0 radical (unpaired) electrons. The third-order valence-corrected chi connectivity index (χ3v) is 1.95. The molecular formula is C9H14N2O2. The quantitative estimate of drug-likeness (QED) is 0.684. The Kier molecular flexibility index (Phi) is 3.08. The molecule has 0 aliphatic heterocycles. The maximum Gasteiger partial charge on any atom is 0.339 e. The summed E-state index contributed by atoms with van der Waals surface area (Å²) in [6.45, 7) is 4.43. The van der Waals surface area contributed by atoms with E-state index in [9.17, 15) is 4.79 Å². The normalized spacial score (nSPS) is 10.1. The molecule has 0 atom stereocenters. The number of aromatic amines is 1. The van der Waals surface area contributed by atoms with E-state index in [1.807, 2.05) is 6.92 Å². The molecule has 0 fully saturated rings. The van der Waals surface area contributed by atoms with Gasteiger partial charge in [0.25, 0.3) is 0 Å². The Balaban J connectivity index is 2.89. The summed E-state index contributed by atoms with van der Waals surface area (Å²) in [5, 5.41) is 0. The lowest BCUT2D eigenvalue weighted by atomic mass is 10.2. The summed E-state index contributed by atoms with van der Waals surface area (Å²) < 4.78 is 4.87. The number of hydrogen-bond acceptors (Lipinski definition) is 3. The van der Waals surface area contributed by atoms with Crippen LogP contribution in [0.15, 0.2) is 6.20 Å². The number of esters is 1. The van der Waals surface area contributed by atoms with Gasteiger partial charge in [-0.15, -0.1) is 0 Å². The van der Waals surface area contributed by atoms with Gasteiger partial charge in [0, 0.05) is 18.4 Å². The Hall–Kier alpha value is -1.29. The molecule has 0 amide bonds. The first kappa shape index (κ1) is 9.80. The first-order valence-electron chi connectivity index (χ1n) is 4.24. The van der Waals surface area contributed by atoms with E-state index in [0.717, 1.165) is 11.3 Å². The minimum Gasteiger partial charge on any atom is -0.462 e. The first-order valence-corrected chi connectivity index (χ1v) is 4.24. The summed E-state index contributed by atoms with van der Waals surface area (Å²) in [6, 6.07) is 0. The largest absolute Gasteiger partial charge is 0.462 e. The van der Waals surface area contributed by atoms with Crippen molar-refractivity contribution in [3.05, 3.63) is 23.0 Å². The molecule has 72 valence electrons. The smallest absolute Gasteiger partial charge is 0.339 e. The molecule has 4 nitrogen and oxygen atoms in total. The Morgan fingerprint density at radius 1 is 1.69 bits per heavy atom. The molecule has 13 heavy (non-hydrogen) atoms. The van der Waals surface area contributed by atoms with Crippen molar-refractivity contribution in [2.24, 2.45) is 5.73 Å². The summed E-state index contributed by atoms with van der Waals surface area (Å²) in [5.41, 5.74) is 7.78. The number of aromatic nitrogens is 1. The van der Waals surface area contributed by atoms with Gasteiger partial charge in [-0.3, -0.25) is 0 Å². The SMILES string of the molecule is CCOC(=O)c1c[nH]c(CN)c1C. The number of H-pyrrole nitrogens is 1. The van der Waals surface area contributed by atoms with E-state index >= 15 is 0 Å². The molecule has 0 aromatic carbocycles. The van der Waals surface area contributed by atoms with Crippen LogP contribution in [0.2, 0.25) is 0 Å². The van der Waals surface area contributed by atoms with Crippen molar-refractivity contribution in [2.45, 2.75) is 20.4 Å². The predicted molar refractivity (Wildman–Crippen MR) is 49.4 cm³/mol. The zero-order valence-electron chi connectivity index (χ0n) is 7.89. The molecule has 0 aliphatic rings. The van der Waals surface area contributed by atoms with Gasteiger partial charge in [0.2, 0.25) is 0 Å². The predicted octanol–water partition coefficient (Wildman–Crippen LogP) is 0.959. The van der Waals surface area contributed by atoms with Gasteiger partial charge in [-0.2, -0.15) is 0 Å². The maximum atomic E-state index is 11.3. The van der Waals surface area contributed by atoms with Gasteiger partial charge in [0.15, 0.2) is 0 Å². The van der Waals surface area contributed by atoms with Crippen molar-refractivity contribution >= 4 is 5.97 Å². The molecule has 4 heteroatoms. The third-order valence-electron chi connectivity index (χ3n) is 1.95. The number of hydrogen-bond donors (Lipinski definition) is 2. The van der Waals surface area contributed by atoms with Crippen LogP contribution in [0.1, 0.15) is 28.5 Å². The molecule has 0 aliphatic carbocycles. The van der Waals surface area contributed by atoms with Gasteiger partial charge < -0.3 is 15.5 Å². The van der Waals surface area contributed by atoms with Crippen LogP contribution in [0.4, 0.5) is 0 Å². The standard InChI is InChI=1S/C9H14N2O2/c1-3-13-9(12)7-5-11-8(4-10)6(7)2/h5,11H,3-4,10H2,1-2H3. The van der Waals surface area contributed by atoms with Crippen LogP contribution in [-0.2, 0) is 11.3 Å². The van der Waals surface area contributed by atoms with Gasteiger partial charge >= 0.3 is 5.97 Å². The van der Waals surface area contributed by atoms with Crippen LogP contribution in [-0.4, -0.2) is 17.6 Å². The minimum absolute atomic E-state index is 0.295. The van der Waals surface area contributed by atoms with E-state index in [4.69, 9.17) is 10.5 Å². The third kappa shape index (κ3) is 1.89. The van der Waals surface area contributed by atoms with Gasteiger partial charge in [-0.25, -0.2) is 4.79 Å². The average Bonchev–Trinajstić information content (AvgIpc) is 2.47. The number of carbonyl (C=O) groups is 1. The van der Waals surface area contributed by atoms with Crippen LogP contribution in [0.5, 0.6) is 0 Å². The summed E-state index contributed by atoms with van der Waals surface area (Å²) in [4.78, 5) is 14.2. The van der Waals surface area contributed by atoms with E-state index in [1.54, 1.807) is 13.1 Å². The van der Waals surface area contributed by atoms with E-state index in [-0.39, 0.29) is 5.97 Å². The van der Waals surface area contributed by atoms with E-state index in [0.29, 0.717) is 18.7 Å². The molecule has 1 aromatic heterocycles. The highest BCUT2D eigenvalue weighted by atomic mass is 16.5. The molecule has 1 aromatic rings. The Labute approximate surface area is 77.1 Å². The van der Waals surface area contributed by atoms with Crippen LogP contribution in [0.25, 0.3) is 0 Å². The Morgan fingerprint density at radius 2 is 2.38 bits per heavy atom. The molecule has 0 spiro atoms. The number of rotatable bonds is 3.